The number of alkyl halides is 3. The molecule has 0 aliphatic carbocycles. The normalized spacial score (nSPS) is 12.0. The Balaban J connectivity index is 2.49. The van der Waals surface area contributed by atoms with Gasteiger partial charge in [0.05, 0.1) is 35.6 Å². The third kappa shape index (κ3) is 5.69. The zero-order chi connectivity index (χ0) is 22.0. The van der Waals surface area contributed by atoms with E-state index in [4.69, 9.17) is 16.3 Å². The van der Waals surface area contributed by atoms with E-state index in [1.54, 1.807) is 20.8 Å². The summed E-state index contributed by atoms with van der Waals surface area (Å²) in [6.07, 6.45) is -3.35. The van der Waals surface area contributed by atoms with Crippen LogP contribution in [-0.2, 0) is 26.9 Å². The van der Waals surface area contributed by atoms with Crippen LogP contribution in [0.2, 0.25) is 5.02 Å². The van der Waals surface area contributed by atoms with Gasteiger partial charge in [0.2, 0.25) is 0 Å². The first-order valence-electron chi connectivity index (χ1n) is 8.52. The molecular weight excluding hydrogens is 415 g/mol. The van der Waals surface area contributed by atoms with Gasteiger partial charge in [-0.3, -0.25) is 9.78 Å². The second kappa shape index (κ2) is 8.40. The fourth-order valence-electron chi connectivity index (χ4n) is 2.42. The number of hydrogen-bond donors (Lipinski definition) is 0. The molecule has 0 spiro atoms. The molecule has 0 bridgehead atoms. The molecule has 0 aliphatic heterocycles. The fourth-order valence-corrected chi connectivity index (χ4v) is 2.60. The second-order valence-corrected chi connectivity index (χ2v) is 7.33. The predicted molar refractivity (Wildman–Crippen MR) is 96.9 cm³/mol. The van der Waals surface area contributed by atoms with Crippen LogP contribution in [0.1, 0.15) is 49.4 Å². The molecule has 0 atom stereocenters. The van der Waals surface area contributed by atoms with Gasteiger partial charge in [0.1, 0.15) is 11.2 Å². The van der Waals surface area contributed by atoms with Crippen molar-refractivity contribution >= 4 is 23.5 Å². The van der Waals surface area contributed by atoms with Gasteiger partial charge in [-0.1, -0.05) is 11.6 Å². The van der Waals surface area contributed by atoms with Crippen molar-refractivity contribution in [3.63, 3.8) is 0 Å². The number of carbonyl (C=O) groups excluding carboxylic acids is 2. The van der Waals surface area contributed by atoms with Gasteiger partial charge in [-0.05, 0) is 33.8 Å². The Morgan fingerprint density at radius 3 is 2.41 bits per heavy atom. The lowest BCUT2D eigenvalue weighted by Gasteiger charge is -2.19. The van der Waals surface area contributed by atoms with Gasteiger partial charge in [-0.2, -0.15) is 18.3 Å². The van der Waals surface area contributed by atoms with Crippen molar-refractivity contribution in [3.8, 4) is 5.69 Å². The molecule has 0 radical (unpaired) electrons. The molecule has 7 nitrogen and oxygen atoms in total. The van der Waals surface area contributed by atoms with Crippen LogP contribution in [0, 0.1) is 0 Å². The van der Waals surface area contributed by atoms with Crippen LogP contribution in [0.4, 0.5) is 13.2 Å². The Bertz CT molecular complexity index is 920. The minimum absolute atomic E-state index is 0.0998. The monoisotopic (exact) mass is 433 g/mol. The van der Waals surface area contributed by atoms with Gasteiger partial charge in [-0.15, -0.1) is 0 Å². The molecule has 2 rings (SSSR count). The third-order valence-corrected chi connectivity index (χ3v) is 3.69. The zero-order valence-corrected chi connectivity index (χ0v) is 16.9. The Kier molecular flexibility index (Phi) is 6.56. The van der Waals surface area contributed by atoms with Crippen molar-refractivity contribution in [1.82, 2.24) is 14.8 Å². The zero-order valence-electron chi connectivity index (χ0n) is 16.1. The van der Waals surface area contributed by atoms with Crippen LogP contribution in [0.15, 0.2) is 18.5 Å². The molecule has 0 fully saturated rings. The van der Waals surface area contributed by atoms with Crippen molar-refractivity contribution in [2.45, 2.75) is 45.9 Å². The number of esters is 2. The van der Waals surface area contributed by atoms with E-state index >= 15 is 0 Å². The summed E-state index contributed by atoms with van der Waals surface area (Å²) in [5, 5.41) is 3.51. The molecule has 0 N–H and O–H groups in total. The summed E-state index contributed by atoms with van der Waals surface area (Å²) in [5.41, 5.74) is -2.89. The molecule has 29 heavy (non-hydrogen) atoms. The van der Waals surface area contributed by atoms with Crippen LogP contribution >= 0.6 is 11.6 Å². The number of aromatic nitrogens is 3. The fraction of sp³-hybridized carbons (Fsp3) is 0.444. The van der Waals surface area contributed by atoms with Crippen molar-refractivity contribution < 1.29 is 32.2 Å². The van der Waals surface area contributed by atoms with Crippen molar-refractivity contribution in [2.24, 2.45) is 0 Å². The van der Waals surface area contributed by atoms with E-state index in [-0.39, 0.29) is 29.4 Å². The smallest absolute Gasteiger partial charge is 0.434 e. The molecule has 0 aromatic carbocycles. The van der Waals surface area contributed by atoms with Crippen molar-refractivity contribution in [3.05, 3.63) is 40.4 Å². The van der Waals surface area contributed by atoms with Gasteiger partial charge >= 0.3 is 18.1 Å². The number of pyridine rings is 1. The highest BCUT2D eigenvalue weighted by Gasteiger charge is 2.41. The topological polar surface area (TPSA) is 83.3 Å². The summed E-state index contributed by atoms with van der Waals surface area (Å²) in [6.45, 7) is 6.42. The lowest BCUT2D eigenvalue weighted by molar-refractivity contribution is -0.154. The van der Waals surface area contributed by atoms with Gasteiger partial charge in [0.15, 0.2) is 5.69 Å². The van der Waals surface area contributed by atoms with Crippen LogP contribution < -0.4 is 0 Å². The number of ether oxygens (including phenoxy) is 2. The number of halogens is 4. The molecule has 11 heteroatoms. The van der Waals surface area contributed by atoms with E-state index in [2.05, 4.69) is 14.8 Å². The lowest BCUT2D eigenvalue weighted by Crippen LogP contribution is -2.25. The number of nitrogens with zero attached hydrogens (tertiary/aromatic N) is 3. The lowest BCUT2D eigenvalue weighted by atomic mass is 10.2. The second-order valence-electron chi connectivity index (χ2n) is 6.93. The molecular formula is C18H19ClF3N3O4. The minimum Gasteiger partial charge on any atom is -0.462 e. The maximum Gasteiger partial charge on any atom is 0.434 e. The average Bonchev–Trinajstić information content (AvgIpc) is 3.00. The number of hydrogen-bond acceptors (Lipinski definition) is 6. The molecule has 0 saturated heterocycles. The summed E-state index contributed by atoms with van der Waals surface area (Å²) in [5.74, 6) is -1.77. The van der Waals surface area contributed by atoms with Crippen LogP contribution in [0.5, 0.6) is 0 Å². The summed E-state index contributed by atoms with van der Waals surface area (Å²) >= 11 is 6.02. The predicted octanol–water partition coefficient (Wildman–Crippen LogP) is 4.00. The highest BCUT2D eigenvalue weighted by Crippen LogP contribution is 2.35. The van der Waals surface area contributed by atoms with Gasteiger partial charge < -0.3 is 9.47 Å². The first-order chi connectivity index (χ1) is 13.3. The molecule has 158 valence electrons. The first kappa shape index (κ1) is 22.7. The Labute approximate surface area is 169 Å². The minimum atomic E-state index is -4.92. The van der Waals surface area contributed by atoms with E-state index in [0.29, 0.717) is 4.68 Å². The van der Waals surface area contributed by atoms with E-state index in [1.165, 1.54) is 13.0 Å². The van der Waals surface area contributed by atoms with E-state index in [0.717, 1.165) is 12.4 Å². The van der Waals surface area contributed by atoms with Crippen LogP contribution in [0.3, 0.4) is 0 Å². The van der Waals surface area contributed by atoms with E-state index in [1.807, 2.05) is 0 Å². The Morgan fingerprint density at radius 1 is 1.21 bits per heavy atom. The Hall–Kier alpha value is -2.62. The average molecular weight is 434 g/mol. The maximum absolute atomic E-state index is 13.7. The standard InChI is InChI=1S/C18H19ClF3N3O4/c1-5-28-16(27)11-8-24-25(15(11)18(20,21)22)13-6-10(23-9-12(13)19)7-14(26)29-17(2,3)4/h6,8-9H,5,7H2,1-4H3. The summed E-state index contributed by atoms with van der Waals surface area (Å²) < 4.78 is 51.3. The molecule has 0 aliphatic rings. The largest absolute Gasteiger partial charge is 0.462 e. The maximum atomic E-state index is 13.7. The van der Waals surface area contributed by atoms with E-state index < -0.39 is 35.0 Å². The van der Waals surface area contributed by atoms with Crippen molar-refractivity contribution in [1.29, 1.82) is 0 Å². The quantitative estimate of drug-likeness (QED) is 0.663. The van der Waals surface area contributed by atoms with Crippen LogP contribution in [0.25, 0.3) is 5.69 Å². The third-order valence-electron chi connectivity index (χ3n) is 3.40. The SMILES string of the molecule is CCOC(=O)c1cnn(-c2cc(CC(=O)OC(C)(C)C)ncc2Cl)c1C(F)(F)F. The highest BCUT2D eigenvalue weighted by molar-refractivity contribution is 6.32. The van der Waals surface area contributed by atoms with Gasteiger partial charge in [-0.25, -0.2) is 9.48 Å². The number of rotatable bonds is 5. The summed E-state index contributed by atoms with van der Waals surface area (Å²) in [7, 11) is 0. The molecule has 0 unspecified atom stereocenters. The Morgan fingerprint density at radius 2 is 1.86 bits per heavy atom. The molecule has 2 aromatic heterocycles. The van der Waals surface area contributed by atoms with Crippen LogP contribution in [-0.4, -0.2) is 38.9 Å². The van der Waals surface area contributed by atoms with E-state index in [9.17, 15) is 22.8 Å². The molecule has 0 amide bonds. The first-order valence-corrected chi connectivity index (χ1v) is 8.90. The van der Waals surface area contributed by atoms with Crippen molar-refractivity contribution in [2.75, 3.05) is 6.61 Å². The molecule has 2 heterocycles. The summed E-state index contributed by atoms with van der Waals surface area (Å²) in [4.78, 5) is 27.8. The van der Waals surface area contributed by atoms with Gasteiger partial charge in [0.25, 0.3) is 0 Å². The van der Waals surface area contributed by atoms with Gasteiger partial charge in [0, 0.05) is 6.20 Å². The molecule has 0 saturated carbocycles. The number of carbonyl (C=O) groups is 2. The summed E-state index contributed by atoms with van der Waals surface area (Å²) in [6, 6.07) is 1.18. The molecule has 2 aromatic rings. The highest BCUT2D eigenvalue weighted by atomic mass is 35.5.